The quantitative estimate of drug-likeness (QED) is 0.104. The van der Waals surface area contributed by atoms with Crippen molar-refractivity contribution < 1.29 is 0 Å². The molecular formula is C95H61BN10. The SMILES string of the molecule is c1ccc(-c2cc(-c3ccc(-n4c5ccccc5c5cc(-c6nc(-c7ccccc7)nc(-c7ccccc7)n6)ccc54)c(-c4cc(-c5ccccc5)nc(-c5cccc(-c6ccc7c8c6N(c6ccccc6)c6ccccc6B8c6ccccc6N7c6ccccc6)c5)n4)c3)nc(-c3ccccc3)n2)cc1. The molecule has 18 aromatic rings. The number of para-hydroxylation sites is 5. The van der Waals surface area contributed by atoms with E-state index in [2.05, 4.69) is 299 Å². The first-order valence-electron chi connectivity index (χ1n) is 35.7. The highest BCUT2D eigenvalue weighted by Gasteiger charge is 2.44. The number of nitrogens with zero attached hydrogens (tertiary/aromatic N) is 10. The summed E-state index contributed by atoms with van der Waals surface area (Å²) in [6.45, 7) is -0.0654. The van der Waals surface area contributed by atoms with Gasteiger partial charge in [0.05, 0.1) is 45.2 Å². The fourth-order valence-electron chi connectivity index (χ4n) is 15.6. The zero-order chi connectivity index (χ0) is 70.0. The van der Waals surface area contributed by atoms with E-state index in [-0.39, 0.29) is 6.71 Å². The molecule has 0 aliphatic carbocycles. The van der Waals surface area contributed by atoms with E-state index < -0.39 is 0 Å². The number of anilines is 6. The van der Waals surface area contributed by atoms with Gasteiger partial charge in [0.15, 0.2) is 29.1 Å². The highest BCUT2D eigenvalue weighted by molar-refractivity contribution is 7.00. The van der Waals surface area contributed by atoms with Crippen molar-refractivity contribution in [2.24, 2.45) is 0 Å². The highest BCUT2D eigenvalue weighted by atomic mass is 15.2. The maximum Gasteiger partial charge on any atom is 0.252 e. The van der Waals surface area contributed by atoms with E-state index in [0.29, 0.717) is 29.1 Å². The number of fused-ring (bicyclic) bond motifs is 7. The molecule has 4 aromatic heterocycles. The molecule has 14 aromatic carbocycles. The average molecular weight is 1350 g/mol. The standard InChI is InChI=1S/C95H61BN10/c1-8-29-62(30-9-1)79-60-81(99-91(97-79)64-33-12-3-13-34-64)68-51-54-85(106-83-48-25-22-45-74(83)75-59-70(52-55-84(75)106)95-102-92(65-35-14-4-15-36-65)101-93(103-95)66-37-16-5-17-38-66)76(58-68)82-61-80(63-31-10-2-11-32-63)98-94(100-82)69-40-28-39-67(57-69)73-53-56-88-89-90(73)105(72-43-20-7-21-44-72)87-50-27-24-47-78(87)96(89)77-46-23-26-49-86(77)104(88)71-41-18-6-19-42-71/h1-61H. The van der Waals surface area contributed by atoms with Crippen LogP contribution >= 0.6 is 0 Å². The maximum atomic E-state index is 5.85. The Balaban J connectivity index is 0.808. The summed E-state index contributed by atoms with van der Waals surface area (Å²) in [5.74, 6) is 2.97. The lowest BCUT2D eigenvalue weighted by Gasteiger charge is -2.45. The van der Waals surface area contributed by atoms with Crippen molar-refractivity contribution >= 4 is 79.0 Å². The van der Waals surface area contributed by atoms with Gasteiger partial charge >= 0.3 is 0 Å². The lowest BCUT2D eigenvalue weighted by Crippen LogP contribution is -2.61. The van der Waals surface area contributed by atoms with Gasteiger partial charge in [-0.05, 0) is 119 Å². The Morgan fingerprint density at radius 1 is 0.217 bits per heavy atom. The maximum absolute atomic E-state index is 5.85. The predicted octanol–water partition coefficient (Wildman–Crippen LogP) is 21.3. The predicted molar refractivity (Wildman–Crippen MR) is 434 cm³/mol. The van der Waals surface area contributed by atoms with Crippen LogP contribution in [-0.2, 0) is 0 Å². The van der Waals surface area contributed by atoms with Crippen LogP contribution in [0.4, 0.5) is 34.1 Å². The van der Waals surface area contributed by atoms with E-state index in [4.69, 9.17) is 34.9 Å². The second kappa shape index (κ2) is 26.0. The van der Waals surface area contributed by atoms with Crippen molar-refractivity contribution in [3.8, 4) is 119 Å². The second-order valence-electron chi connectivity index (χ2n) is 26.7. The van der Waals surface area contributed by atoms with Crippen LogP contribution in [0.15, 0.2) is 370 Å². The first-order chi connectivity index (χ1) is 52.6. The largest absolute Gasteiger partial charge is 0.311 e. The van der Waals surface area contributed by atoms with E-state index in [1.54, 1.807) is 0 Å². The summed E-state index contributed by atoms with van der Waals surface area (Å²) in [5, 5.41) is 2.10. The van der Waals surface area contributed by atoms with Gasteiger partial charge in [0.2, 0.25) is 0 Å². The van der Waals surface area contributed by atoms with Crippen LogP contribution < -0.4 is 26.2 Å². The van der Waals surface area contributed by atoms with Crippen LogP contribution in [0.25, 0.3) is 141 Å². The second-order valence-corrected chi connectivity index (χ2v) is 26.7. The zero-order valence-electron chi connectivity index (χ0n) is 57.3. The van der Waals surface area contributed by atoms with Gasteiger partial charge < -0.3 is 14.4 Å². The minimum Gasteiger partial charge on any atom is -0.311 e. The van der Waals surface area contributed by atoms with E-state index in [0.717, 1.165) is 140 Å². The average Bonchev–Trinajstić information content (AvgIpc) is 0.842. The molecule has 0 radical (unpaired) electrons. The van der Waals surface area contributed by atoms with Gasteiger partial charge in [-0.1, -0.05) is 273 Å². The van der Waals surface area contributed by atoms with Gasteiger partial charge in [-0.2, -0.15) is 0 Å². The van der Waals surface area contributed by atoms with Crippen molar-refractivity contribution in [1.29, 1.82) is 0 Å². The van der Waals surface area contributed by atoms with E-state index in [1.807, 2.05) is 84.9 Å². The molecular weight excluding hydrogens is 1290 g/mol. The summed E-state index contributed by atoms with van der Waals surface area (Å²) in [7, 11) is 0. The number of benzene rings is 14. The minimum atomic E-state index is -0.0654. The molecule has 0 bridgehead atoms. The first-order valence-corrected chi connectivity index (χ1v) is 35.7. The van der Waals surface area contributed by atoms with E-state index >= 15 is 0 Å². The molecule has 2 aliphatic rings. The Morgan fingerprint density at radius 3 is 1.22 bits per heavy atom. The first kappa shape index (κ1) is 61.6. The third-order valence-electron chi connectivity index (χ3n) is 20.4. The lowest BCUT2D eigenvalue weighted by atomic mass is 9.33. The van der Waals surface area contributed by atoms with Crippen molar-refractivity contribution in [2.75, 3.05) is 9.80 Å². The molecule has 0 spiro atoms. The number of hydrogen-bond acceptors (Lipinski definition) is 9. The van der Waals surface area contributed by atoms with Crippen LogP contribution in [0.1, 0.15) is 0 Å². The molecule has 0 N–H and O–H groups in total. The lowest BCUT2D eigenvalue weighted by molar-refractivity contribution is 1.07. The fraction of sp³-hybridized carbons (Fsp3) is 0. The molecule has 0 atom stereocenters. The summed E-state index contributed by atoms with van der Waals surface area (Å²) >= 11 is 0. The Morgan fingerprint density at radius 2 is 0.623 bits per heavy atom. The minimum absolute atomic E-state index is 0.0654. The van der Waals surface area contributed by atoms with Crippen LogP contribution in [0.5, 0.6) is 0 Å². The summed E-state index contributed by atoms with van der Waals surface area (Å²) in [5.41, 5.74) is 26.7. The molecule has 10 nitrogen and oxygen atoms in total. The van der Waals surface area contributed by atoms with Crippen LogP contribution in [0, 0.1) is 0 Å². The topological polar surface area (TPSA) is 102 Å². The monoisotopic (exact) mass is 1350 g/mol. The van der Waals surface area contributed by atoms with Gasteiger partial charge in [0.25, 0.3) is 6.71 Å². The molecule has 0 fully saturated rings. The Hall–Kier alpha value is -14.3. The third-order valence-corrected chi connectivity index (χ3v) is 20.4. The molecule has 20 rings (SSSR count). The number of aromatic nitrogens is 8. The van der Waals surface area contributed by atoms with Crippen molar-refractivity contribution in [3.63, 3.8) is 0 Å². The van der Waals surface area contributed by atoms with Gasteiger partial charge in [-0.3, -0.25) is 0 Å². The van der Waals surface area contributed by atoms with Crippen molar-refractivity contribution in [3.05, 3.63) is 370 Å². The molecule has 0 unspecified atom stereocenters. The summed E-state index contributed by atoms with van der Waals surface area (Å²) < 4.78 is 2.38. The van der Waals surface area contributed by atoms with Gasteiger partial charge in [0.1, 0.15) is 0 Å². The molecule has 6 heterocycles. The molecule has 106 heavy (non-hydrogen) atoms. The molecule has 494 valence electrons. The molecule has 11 heteroatoms. The van der Waals surface area contributed by atoms with Crippen LogP contribution in [-0.4, -0.2) is 46.2 Å². The molecule has 0 saturated carbocycles. The molecule has 0 saturated heterocycles. The Bertz CT molecular complexity index is 6280. The van der Waals surface area contributed by atoms with Gasteiger partial charge in [-0.15, -0.1) is 0 Å². The van der Waals surface area contributed by atoms with Gasteiger partial charge in [0, 0.05) is 94.8 Å². The normalized spacial score (nSPS) is 12.1. The summed E-state index contributed by atoms with van der Waals surface area (Å²) in [6, 6.07) is 130. The molecule has 0 amide bonds. The summed E-state index contributed by atoms with van der Waals surface area (Å²) in [6.07, 6.45) is 0. The van der Waals surface area contributed by atoms with E-state index in [9.17, 15) is 0 Å². The third kappa shape index (κ3) is 10.8. The van der Waals surface area contributed by atoms with E-state index in [1.165, 1.54) is 22.1 Å². The van der Waals surface area contributed by atoms with Crippen molar-refractivity contribution in [1.82, 2.24) is 39.5 Å². The Kier molecular flexibility index (Phi) is 15.1. The summed E-state index contributed by atoms with van der Waals surface area (Å²) in [4.78, 5) is 42.5. The van der Waals surface area contributed by atoms with Crippen LogP contribution in [0.2, 0.25) is 0 Å². The smallest absolute Gasteiger partial charge is 0.252 e. The highest BCUT2D eigenvalue weighted by Crippen LogP contribution is 2.49. The number of rotatable bonds is 13. The number of hydrogen-bond donors (Lipinski definition) is 0. The zero-order valence-corrected chi connectivity index (χ0v) is 57.3. The fourth-order valence-corrected chi connectivity index (χ4v) is 15.6. The Labute approximate surface area is 613 Å². The van der Waals surface area contributed by atoms with Gasteiger partial charge in [-0.25, -0.2) is 34.9 Å². The molecule has 2 aliphatic heterocycles. The van der Waals surface area contributed by atoms with Crippen LogP contribution in [0.3, 0.4) is 0 Å². The van der Waals surface area contributed by atoms with Crippen molar-refractivity contribution in [2.45, 2.75) is 0 Å².